The molecule has 0 saturated carbocycles. The molecule has 0 aliphatic carbocycles. The summed E-state index contributed by atoms with van der Waals surface area (Å²) in [4.78, 5) is 0. The second kappa shape index (κ2) is 18.2. The lowest BCUT2D eigenvalue weighted by Gasteiger charge is -2.33. The van der Waals surface area contributed by atoms with Gasteiger partial charge in [-0.05, 0) is 136 Å². The van der Waals surface area contributed by atoms with Crippen LogP contribution in [-0.4, -0.2) is 15.8 Å². The first-order chi connectivity index (χ1) is 25.2. The van der Waals surface area contributed by atoms with Crippen LogP contribution in [-0.2, 0) is 0 Å². The van der Waals surface area contributed by atoms with Gasteiger partial charge in [0.05, 0.1) is 15.8 Å². The molecule has 0 fully saturated rings. The van der Waals surface area contributed by atoms with E-state index in [4.69, 9.17) is 11.6 Å². The lowest BCUT2D eigenvalue weighted by atomic mass is 9.89. The van der Waals surface area contributed by atoms with Gasteiger partial charge in [-0.1, -0.05) is 185 Å². The van der Waals surface area contributed by atoms with Gasteiger partial charge >= 0.3 is 0 Å². The minimum absolute atomic E-state index is 0.404. The van der Waals surface area contributed by atoms with Gasteiger partial charge in [0, 0.05) is 5.02 Å². The summed E-state index contributed by atoms with van der Waals surface area (Å²) in [5.74, 6) is 3.84. The average molecular weight is 778 g/mol. The smallest absolute Gasteiger partial charge is 0.0701 e. The van der Waals surface area contributed by atoms with Crippen molar-refractivity contribution in [2.75, 3.05) is 0 Å². The fraction of sp³-hybridized carbons (Fsp3) is 0.529. The van der Waals surface area contributed by atoms with Gasteiger partial charge in [-0.3, -0.25) is 0 Å². The Kier molecular flexibility index (Phi) is 15.0. The average Bonchev–Trinajstić information content (AvgIpc) is 3.09. The summed E-state index contributed by atoms with van der Waals surface area (Å²) in [5, 5.41) is 7.36. The van der Waals surface area contributed by atoms with Gasteiger partial charge in [0.1, 0.15) is 0 Å². The van der Waals surface area contributed by atoms with E-state index in [1.165, 1.54) is 21.9 Å². The van der Waals surface area contributed by atoms with Crippen molar-refractivity contribution in [1.82, 2.24) is 0 Å². The molecule has 4 aromatic carbocycles. The molecule has 0 aliphatic rings. The molecule has 0 aromatic heterocycles. The molecule has 0 unspecified atom stereocenters. The van der Waals surface area contributed by atoms with E-state index in [0.717, 1.165) is 5.02 Å². The van der Waals surface area contributed by atoms with Gasteiger partial charge in [-0.15, -0.1) is 0 Å². The van der Waals surface area contributed by atoms with Gasteiger partial charge in [0.15, 0.2) is 0 Å². The zero-order chi connectivity index (χ0) is 40.5. The Hall–Kier alpha value is -2.40. The van der Waals surface area contributed by atoms with E-state index < -0.39 is 15.8 Å². The van der Waals surface area contributed by atoms with Crippen LogP contribution in [0.2, 0.25) is 5.02 Å². The summed E-state index contributed by atoms with van der Waals surface area (Å²) in [6.07, 6.45) is 0. The van der Waals surface area contributed by atoms with Crippen molar-refractivity contribution in [2.24, 2.45) is 0 Å². The van der Waals surface area contributed by atoms with E-state index >= 15 is 0 Å². The van der Waals surface area contributed by atoms with Crippen molar-refractivity contribution in [1.29, 1.82) is 0 Å². The number of hydrogen-bond donors (Lipinski definition) is 0. The Morgan fingerprint density at radius 1 is 0.315 bits per heavy atom. The normalized spacial score (nSPS) is 12.4. The van der Waals surface area contributed by atoms with Crippen LogP contribution in [0.3, 0.4) is 0 Å². The molecule has 0 heterocycles. The molecule has 0 bridgehead atoms. The quantitative estimate of drug-likeness (QED) is 0.119. The van der Waals surface area contributed by atoms with Crippen LogP contribution in [0.15, 0.2) is 60.7 Å². The zero-order valence-corrected chi connectivity index (χ0v) is 40.1. The van der Waals surface area contributed by atoms with E-state index in [9.17, 15) is 0 Å². The molecule has 3 heteroatoms. The molecular formula is C51H73ClSi2. The van der Waals surface area contributed by atoms with Crippen LogP contribution in [0.4, 0.5) is 0 Å². The van der Waals surface area contributed by atoms with Gasteiger partial charge in [0.2, 0.25) is 0 Å². The van der Waals surface area contributed by atoms with Crippen molar-refractivity contribution < 1.29 is 0 Å². The molecule has 0 atom stereocenters. The third-order valence-electron chi connectivity index (χ3n) is 11.5. The maximum absolute atomic E-state index is 6.78. The van der Waals surface area contributed by atoms with Crippen molar-refractivity contribution in [3.05, 3.63) is 116 Å². The highest BCUT2D eigenvalue weighted by Gasteiger charge is 2.33. The highest BCUT2D eigenvalue weighted by atomic mass is 35.5. The van der Waals surface area contributed by atoms with Crippen LogP contribution < -0.4 is 20.7 Å². The van der Waals surface area contributed by atoms with Crippen molar-refractivity contribution in [2.45, 2.75) is 178 Å². The van der Waals surface area contributed by atoms with Crippen LogP contribution in [0, 0.1) is 0 Å². The third kappa shape index (κ3) is 9.41. The van der Waals surface area contributed by atoms with E-state index in [1.54, 1.807) is 48.9 Å². The maximum atomic E-state index is 6.78. The number of benzene rings is 4. The minimum Gasteiger partial charge on any atom is -0.0843 e. The number of halogens is 1. The predicted octanol–water partition coefficient (Wildman–Crippen LogP) is 13.4. The molecule has 0 N–H and O–H groups in total. The van der Waals surface area contributed by atoms with Gasteiger partial charge in [-0.2, -0.15) is 0 Å². The van der Waals surface area contributed by atoms with Crippen LogP contribution in [0.1, 0.15) is 228 Å². The number of hydrogen-bond acceptors (Lipinski definition) is 0. The first-order valence-corrected chi connectivity index (χ1v) is 25.6. The molecule has 0 aliphatic heterocycles. The van der Waals surface area contributed by atoms with Gasteiger partial charge in [0.25, 0.3) is 0 Å². The Morgan fingerprint density at radius 3 is 0.741 bits per heavy atom. The Labute approximate surface area is 340 Å². The minimum atomic E-state index is -1.52. The molecule has 0 radical (unpaired) electrons. The summed E-state index contributed by atoms with van der Waals surface area (Å²) in [5.41, 5.74) is 13.8. The topological polar surface area (TPSA) is 0 Å². The zero-order valence-electron chi connectivity index (χ0n) is 37.3. The third-order valence-corrected chi connectivity index (χ3v) is 21.0. The van der Waals surface area contributed by atoms with Crippen LogP contribution >= 0.6 is 11.6 Å². The summed E-state index contributed by atoms with van der Waals surface area (Å²) < 4.78 is 0. The van der Waals surface area contributed by atoms with E-state index in [0.29, 0.717) is 53.3 Å². The molecule has 0 amide bonds. The van der Waals surface area contributed by atoms with E-state index in [2.05, 4.69) is 185 Å². The molecular weight excluding hydrogens is 704 g/mol. The van der Waals surface area contributed by atoms with Crippen molar-refractivity contribution in [3.8, 4) is 0 Å². The van der Waals surface area contributed by atoms with Gasteiger partial charge in [-0.25, -0.2) is 0 Å². The summed E-state index contributed by atoms with van der Waals surface area (Å²) >= 11 is 6.78. The molecule has 4 rings (SSSR count). The molecule has 0 spiro atoms. The summed E-state index contributed by atoms with van der Waals surface area (Å²) in [6.45, 7) is 43.6. The summed E-state index contributed by atoms with van der Waals surface area (Å²) in [7, 11) is -3.01. The molecule has 54 heavy (non-hydrogen) atoms. The maximum Gasteiger partial charge on any atom is 0.0701 e. The first-order valence-electron chi connectivity index (χ1n) is 21.2. The molecule has 4 aromatic rings. The van der Waals surface area contributed by atoms with Crippen molar-refractivity contribution >= 4 is 48.1 Å². The van der Waals surface area contributed by atoms with E-state index in [-0.39, 0.29) is 0 Å². The second-order valence-corrected chi connectivity index (χ2v) is 25.9. The Balaban J connectivity index is 2.61. The largest absolute Gasteiger partial charge is 0.0843 e. The van der Waals surface area contributed by atoms with Crippen LogP contribution in [0.5, 0.6) is 0 Å². The number of rotatable bonds is 13. The molecule has 0 saturated heterocycles. The Morgan fingerprint density at radius 2 is 0.537 bits per heavy atom. The fourth-order valence-electron chi connectivity index (χ4n) is 8.14. The first kappa shape index (κ1) is 44.3. The highest BCUT2D eigenvalue weighted by Crippen LogP contribution is 2.31. The van der Waals surface area contributed by atoms with E-state index in [1.807, 2.05) is 0 Å². The monoisotopic (exact) mass is 776 g/mol. The lowest BCUT2D eigenvalue weighted by molar-refractivity contribution is 0.810. The van der Waals surface area contributed by atoms with Crippen molar-refractivity contribution in [3.63, 3.8) is 0 Å². The SMILES string of the molecule is CC(C)c1cc(C(C)C)c([Si](c2ccc(Cl)cc2)=[Si](c2c(C(C)C)cc(C(C)C)cc2C(C)C)c2c(C(C)C)cc(C(C)C)cc2C(C)C)c(C(C)C)c1. The summed E-state index contributed by atoms with van der Waals surface area (Å²) in [6, 6.07) is 24.9. The molecule has 292 valence electrons. The standard InChI is InChI=1S/C51H73ClSi2/c1-29(2)38-23-43(32(7)8)49(44(24-38)33(9)10)53(42-21-19-41(52)20-22-42)54(50-45(34(11)12)25-39(30(3)4)26-46(50)35(13)14)51-47(36(15)16)27-40(31(5)6)28-48(51)37(17)18/h19-37H,1-18H3. The fourth-order valence-corrected chi connectivity index (χ4v) is 20.5. The second-order valence-electron chi connectivity index (χ2n) is 18.9. The predicted molar refractivity (Wildman–Crippen MR) is 248 cm³/mol. The molecule has 0 nitrogen and oxygen atoms in total. The highest BCUT2D eigenvalue weighted by molar-refractivity contribution is 7.19. The Bertz CT molecular complexity index is 1780. The lowest BCUT2D eigenvalue weighted by Crippen LogP contribution is -2.57. The van der Waals surface area contributed by atoms with Gasteiger partial charge < -0.3 is 0 Å². The van der Waals surface area contributed by atoms with Crippen LogP contribution in [0.25, 0.3) is 0 Å².